The maximum atomic E-state index is 3.96. The van der Waals surface area contributed by atoms with Crippen molar-refractivity contribution < 1.29 is 0 Å². The van der Waals surface area contributed by atoms with E-state index in [0.717, 1.165) is 11.4 Å². The van der Waals surface area contributed by atoms with Crippen LogP contribution < -0.4 is 0 Å². The summed E-state index contributed by atoms with van der Waals surface area (Å²) in [7, 11) is 0. The van der Waals surface area contributed by atoms with Crippen LogP contribution in [0, 0.1) is 27.7 Å². The zero-order valence-corrected chi connectivity index (χ0v) is 17.4. The molecule has 0 unspecified atom stereocenters. The summed E-state index contributed by atoms with van der Waals surface area (Å²) in [6.07, 6.45) is 1.81. The number of aromatic nitrogens is 3. The average molecular weight is 396 g/mol. The minimum absolute atomic E-state index is 1.11. The van der Waals surface area contributed by atoms with Crippen LogP contribution in [0.25, 0.3) is 0 Å². The Bertz CT molecular complexity index is 571. The van der Waals surface area contributed by atoms with E-state index >= 15 is 0 Å². The summed E-state index contributed by atoms with van der Waals surface area (Å²) < 4.78 is 7.82. The van der Waals surface area contributed by atoms with Crippen LogP contribution in [0.5, 0.6) is 0 Å². The van der Waals surface area contributed by atoms with Gasteiger partial charge in [0.05, 0.1) is 11.2 Å². The Labute approximate surface area is 160 Å². The second kappa shape index (κ2) is 12.9. The Morgan fingerprint density at radius 3 is 1.83 bits per heavy atom. The minimum Gasteiger partial charge on any atom is -0.250 e. The molecule has 24 heavy (non-hydrogen) atoms. The Kier molecular flexibility index (Phi) is 11.1. The van der Waals surface area contributed by atoms with Crippen molar-refractivity contribution in [2.45, 2.75) is 27.7 Å². The van der Waals surface area contributed by atoms with E-state index in [9.17, 15) is 0 Å². The lowest BCUT2D eigenvalue weighted by Crippen LogP contribution is -1.59. The van der Waals surface area contributed by atoms with Gasteiger partial charge in [-0.25, -0.2) is 4.37 Å². The van der Waals surface area contributed by atoms with Crippen LogP contribution >= 0.6 is 45.7 Å². The number of thiazole rings is 1. The number of hydrogen-bond acceptors (Lipinski definition) is 7. The standard InChI is InChI=1S/C5H6S.3C4H5NS/c1-5-2-3-6-4-5;1-4-2-6-3-5-4;1-4-2-3-6-5-4;1-4-2-3-5-6-4/h2-4H,1H3;3*2-3H,1H3. The molecule has 0 aliphatic carbocycles. The van der Waals surface area contributed by atoms with Crippen LogP contribution in [-0.2, 0) is 0 Å². The Balaban J connectivity index is 0.000000160. The van der Waals surface area contributed by atoms with Gasteiger partial charge < -0.3 is 0 Å². The van der Waals surface area contributed by atoms with Gasteiger partial charge in [0.1, 0.15) is 0 Å². The van der Waals surface area contributed by atoms with Gasteiger partial charge in [-0.05, 0) is 85.3 Å². The number of hydrogen-bond donors (Lipinski definition) is 0. The van der Waals surface area contributed by atoms with Crippen molar-refractivity contribution in [1.29, 1.82) is 0 Å². The fourth-order valence-corrected chi connectivity index (χ4v) is 3.32. The molecule has 3 nitrogen and oxygen atoms in total. The molecule has 7 heteroatoms. The van der Waals surface area contributed by atoms with E-state index in [0.29, 0.717) is 0 Å². The van der Waals surface area contributed by atoms with Crippen molar-refractivity contribution in [3.63, 3.8) is 0 Å². The molecule has 4 rings (SSSR count). The first-order valence-corrected chi connectivity index (χ1v) is 10.7. The predicted octanol–water partition coefficient (Wildman–Crippen LogP) is 6.41. The fourth-order valence-electron chi connectivity index (χ4n) is 1.16. The summed E-state index contributed by atoms with van der Waals surface area (Å²) in [5, 5.41) is 8.19. The SMILES string of the molecule is Cc1ccns1.Cc1ccsc1.Cc1ccsn1.Cc1cscn1. The fraction of sp³-hybridized carbons (Fsp3) is 0.235. The average Bonchev–Trinajstić information content (AvgIpc) is 3.31. The zero-order chi connectivity index (χ0) is 17.6. The van der Waals surface area contributed by atoms with Gasteiger partial charge in [-0.1, -0.05) is 0 Å². The highest BCUT2D eigenvalue weighted by Gasteiger charge is 1.77. The number of thiophene rings is 1. The van der Waals surface area contributed by atoms with Gasteiger partial charge in [-0.15, -0.1) is 11.3 Å². The maximum absolute atomic E-state index is 3.96. The predicted molar refractivity (Wildman–Crippen MR) is 110 cm³/mol. The third kappa shape index (κ3) is 11.2. The molecule has 0 aromatic carbocycles. The smallest absolute Gasteiger partial charge is 0.0794 e. The van der Waals surface area contributed by atoms with Crippen molar-refractivity contribution in [1.82, 2.24) is 13.7 Å². The first kappa shape index (κ1) is 20.6. The highest BCUT2D eigenvalue weighted by Crippen LogP contribution is 2.01. The highest BCUT2D eigenvalue weighted by molar-refractivity contribution is 7.08. The molecule has 0 atom stereocenters. The van der Waals surface area contributed by atoms with Gasteiger partial charge in [-0.2, -0.15) is 15.7 Å². The molecule has 0 radical (unpaired) electrons. The molecule has 0 saturated carbocycles. The molecule has 0 fully saturated rings. The monoisotopic (exact) mass is 395 g/mol. The molecule has 4 aromatic heterocycles. The molecule has 0 aliphatic heterocycles. The van der Waals surface area contributed by atoms with E-state index in [-0.39, 0.29) is 0 Å². The van der Waals surface area contributed by atoms with E-state index in [1.807, 2.05) is 49.2 Å². The van der Waals surface area contributed by atoms with Gasteiger partial charge in [0.25, 0.3) is 0 Å². The van der Waals surface area contributed by atoms with E-state index in [2.05, 4.69) is 37.5 Å². The largest absolute Gasteiger partial charge is 0.250 e. The molecular formula is C17H21N3S4. The van der Waals surface area contributed by atoms with Crippen LogP contribution in [-0.4, -0.2) is 13.7 Å². The maximum Gasteiger partial charge on any atom is 0.0794 e. The van der Waals surface area contributed by atoms with Crippen molar-refractivity contribution in [3.05, 3.63) is 73.3 Å². The molecule has 0 amide bonds. The molecule has 0 N–H and O–H groups in total. The van der Waals surface area contributed by atoms with E-state index in [1.54, 1.807) is 28.9 Å². The second-order valence-electron chi connectivity index (χ2n) is 4.69. The third-order valence-electron chi connectivity index (χ3n) is 2.35. The summed E-state index contributed by atoms with van der Waals surface area (Å²) in [5.74, 6) is 0. The van der Waals surface area contributed by atoms with E-state index in [4.69, 9.17) is 0 Å². The van der Waals surface area contributed by atoms with Crippen LogP contribution in [0.2, 0.25) is 0 Å². The van der Waals surface area contributed by atoms with Gasteiger partial charge in [0.15, 0.2) is 0 Å². The Morgan fingerprint density at radius 2 is 1.67 bits per heavy atom. The van der Waals surface area contributed by atoms with Crippen LogP contribution in [0.15, 0.2) is 51.4 Å². The van der Waals surface area contributed by atoms with Gasteiger partial charge in [-0.3, -0.25) is 4.98 Å². The molecule has 128 valence electrons. The summed E-state index contributed by atoms with van der Waals surface area (Å²) in [5.41, 5.74) is 5.41. The van der Waals surface area contributed by atoms with Gasteiger partial charge in [0.2, 0.25) is 0 Å². The van der Waals surface area contributed by atoms with Crippen molar-refractivity contribution in [2.24, 2.45) is 0 Å². The Morgan fingerprint density at radius 1 is 0.833 bits per heavy atom. The van der Waals surface area contributed by atoms with Gasteiger partial charge >= 0.3 is 0 Å². The number of aryl methyl sites for hydroxylation is 4. The quantitative estimate of drug-likeness (QED) is 0.345. The molecule has 0 bridgehead atoms. The van der Waals surface area contributed by atoms with Crippen molar-refractivity contribution in [3.8, 4) is 0 Å². The molecular weight excluding hydrogens is 374 g/mol. The van der Waals surface area contributed by atoms with Gasteiger partial charge in [0, 0.05) is 27.5 Å². The summed E-state index contributed by atoms with van der Waals surface area (Å²) in [6.45, 7) is 8.10. The Hall–Kier alpha value is -1.41. The second-order valence-corrected chi connectivity index (χ2v) is 7.90. The van der Waals surface area contributed by atoms with Crippen LogP contribution in [0.4, 0.5) is 0 Å². The van der Waals surface area contributed by atoms with Crippen molar-refractivity contribution in [2.75, 3.05) is 0 Å². The number of nitrogens with zero attached hydrogens (tertiary/aromatic N) is 3. The lowest BCUT2D eigenvalue weighted by molar-refractivity contribution is 1.27. The third-order valence-corrected chi connectivity index (χ3v) is 5.16. The normalized spacial score (nSPS) is 8.83. The summed E-state index contributed by atoms with van der Waals surface area (Å²) >= 11 is 6.39. The lowest BCUT2D eigenvalue weighted by Gasteiger charge is -1.65. The van der Waals surface area contributed by atoms with Crippen molar-refractivity contribution >= 4 is 45.7 Å². The molecule has 4 aromatic rings. The lowest BCUT2D eigenvalue weighted by atomic mass is 10.4. The highest BCUT2D eigenvalue weighted by atomic mass is 32.1. The first-order chi connectivity index (χ1) is 11.6. The van der Waals surface area contributed by atoms with E-state index in [1.165, 1.54) is 33.5 Å². The minimum atomic E-state index is 1.11. The molecule has 0 saturated heterocycles. The summed E-state index contributed by atoms with van der Waals surface area (Å²) in [6, 6.07) is 6.08. The van der Waals surface area contributed by atoms with Crippen LogP contribution in [0.3, 0.4) is 0 Å². The van der Waals surface area contributed by atoms with E-state index < -0.39 is 0 Å². The summed E-state index contributed by atoms with van der Waals surface area (Å²) in [4.78, 5) is 5.21. The molecule has 4 heterocycles. The molecule has 0 aliphatic rings. The zero-order valence-electron chi connectivity index (χ0n) is 14.2. The topological polar surface area (TPSA) is 38.7 Å². The first-order valence-electron chi connectivity index (χ1n) is 7.15. The van der Waals surface area contributed by atoms with Crippen LogP contribution in [0.1, 0.15) is 21.8 Å². The number of rotatable bonds is 0. The molecule has 0 spiro atoms.